The number of para-hydroxylation sites is 3. The largest absolute Gasteiger partial charge is 0.309 e. The van der Waals surface area contributed by atoms with E-state index in [-0.39, 0.29) is 0 Å². The van der Waals surface area contributed by atoms with Crippen molar-refractivity contribution in [3.63, 3.8) is 0 Å². The lowest BCUT2D eigenvalue weighted by Gasteiger charge is -2.17. The minimum Gasteiger partial charge on any atom is -0.309 e. The van der Waals surface area contributed by atoms with Crippen molar-refractivity contribution in [1.82, 2.24) is 24.1 Å². The van der Waals surface area contributed by atoms with Crippen molar-refractivity contribution in [3.05, 3.63) is 237 Å². The average Bonchev–Trinajstić information content (AvgIpc) is 3.94. The van der Waals surface area contributed by atoms with E-state index >= 15 is 0 Å². The van der Waals surface area contributed by atoms with E-state index in [4.69, 9.17) is 15.0 Å². The van der Waals surface area contributed by atoms with Gasteiger partial charge in [0.05, 0.1) is 33.4 Å². The Labute approximate surface area is 391 Å². The lowest BCUT2D eigenvalue weighted by Crippen LogP contribution is -2.02. The number of nitrogens with zero attached hydrogens (tertiary/aromatic N) is 5. The van der Waals surface area contributed by atoms with Gasteiger partial charge in [0.25, 0.3) is 0 Å². The molecule has 3 aromatic heterocycles. The second-order valence-electron chi connectivity index (χ2n) is 17.5. The molecule has 0 saturated carbocycles. The van der Waals surface area contributed by atoms with E-state index in [1.165, 1.54) is 64.9 Å². The van der Waals surface area contributed by atoms with Gasteiger partial charge < -0.3 is 9.13 Å². The summed E-state index contributed by atoms with van der Waals surface area (Å²) < 4.78 is 4.88. The summed E-state index contributed by atoms with van der Waals surface area (Å²) in [5.74, 6) is 1.84. The van der Waals surface area contributed by atoms with Crippen molar-refractivity contribution < 1.29 is 0 Å². The third kappa shape index (κ3) is 5.86. The van der Waals surface area contributed by atoms with Gasteiger partial charge in [0.15, 0.2) is 17.5 Å². The minimum absolute atomic E-state index is 0.602. The third-order valence-corrected chi connectivity index (χ3v) is 13.7. The molecule has 14 aromatic rings. The van der Waals surface area contributed by atoms with E-state index in [1.807, 2.05) is 18.2 Å². The first-order chi connectivity index (χ1) is 33.7. The Bertz CT molecular complexity index is 4230. The summed E-state index contributed by atoms with van der Waals surface area (Å²) in [5, 5.41) is 12.1. The highest BCUT2D eigenvalue weighted by atomic mass is 15.0. The molecule has 0 aliphatic heterocycles. The maximum absolute atomic E-state index is 5.37. The number of hydrogen-bond donors (Lipinski definition) is 0. The van der Waals surface area contributed by atoms with Gasteiger partial charge in [0.1, 0.15) is 0 Å². The van der Waals surface area contributed by atoms with Gasteiger partial charge in [-0.1, -0.05) is 194 Å². The monoisotopic (exact) mass is 865 g/mol. The molecule has 5 nitrogen and oxygen atoms in total. The maximum Gasteiger partial charge on any atom is 0.164 e. The fraction of sp³-hybridized carbons (Fsp3) is 0. The molecule has 0 aliphatic carbocycles. The Kier molecular flexibility index (Phi) is 8.52. The van der Waals surface area contributed by atoms with Crippen LogP contribution in [0.1, 0.15) is 0 Å². The van der Waals surface area contributed by atoms with E-state index < -0.39 is 0 Å². The van der Waals surface area contributed by atoms with E-state index in [0.717, 1.165) is 50.2 Å². The molecule has 0 amide bonds. The molecule has 11 aromatic carbocycles. The summed E-state index contributed by atoms with van der Waals surface area (Å²) >= 11 is 0. The van der Waals surface area contributed by atoms with Crippen molar-refractivity contribution in [2.24, 2.45) is 0 Å². The zero-order chi connectivity index (χ0) is 44.7. The summed E-state index contributed by atoms with van der Waals surface area (Å²) in [6.07, 6.45) is 0. The van der Waals surface area contributed by atoms with Crippen LogP contribution in [0.2, 0.25) is 0 Å². The van der Waals surface area contributed by atoms with Crippen LogP contribution in [0.5, 0.6) is 0 Å². The third-order valence-electron chi connectivity index (χ3n) is 13.7. The molecule has 0 unspecified atom stereocenters. The molecule has 0 fully saturated rings. The van der Waals surface area contributed by atoms with Crippen LogP contribution in [-0.4, -0.2) is 24.1 Å². The van der Waals surface area contributed by atoms with Crippen LogP contribution in [0.15, 0.2) is 237 Å². The Morgan fingerprint density at radius 3 is 1.25 bits per heavy atom. The average molecular weight is 866 g/mol. The number of fused-ring (bicyclic) bond motifs is 12. The first-order valence-electron chi connectivity index (χ1n) is 23.1. The van der Waals surface area contributed by atoms with Gasteiger partial charge in [0, 0.05) is 43.8 Å². The molecule has 0 spiro atoms. The molecule has 0 aliphatic rings. The predicted octanol–water partition coefficient (Wildman–Crippen LogP) is 16.2. The predicted molar refractivity (Wildman–Crippen MR) is 283 cm³/mol. The molecular weight excluding hydrogens is 827 g/mol. The molecule has 0 bridgehead atoms. The quantitative estimate of drug-likeness (QED) is 0.156. The molecule has 0 atom stereocenters. The van der Waals surface area contributed by atoms with Crippen molar-refractivity contribution in [1.29, 1.82) is 0 Å². The smallest absolute Gasteiger partial charge is 0.164 e. The molecule has 316 valence electrons. The minimum atomic E-state index is 0.602. The van der Waals surface area contributed by atoms with Crippen LogP contribution < -0.4 is 0 Å². The van der Waals surface area contributed by atoms with Gasteiger partial charge in [0.2, 0.25) is 0 Å². The van der Waals surface area contributed by atoms with Crippen molar-refractivity contribution >= 4 is 75.9 Å². The van der Waals surface area contributed by atoms with Crippen LogP contribution in [0, 0.1) is 0 Å². The zero-order valence-electron chi connectivity index (χ0n) is 36.8. The van der Waals surface area contributed by atoms with Gasteiger partial charge in [-0.25, -0.2) is 15.0 Å². The van der Waals surface area contributed by atoms with Crippen molar-refractivity contribution in [2.45, 2.75) is 0 Å². The molecule has 0 radical (unpaired) electrons. The Balaban J connectivity index is 1.02. The second kappa shape index (κ2) is 15.2. The number of aromatic nitrogens is 5. The van der Waals surface area contributed by atoms with E-state index in [0.29, 0.717) is 17.5 Å². The first kappa shape index (κ1) is 38.1. The normalized spacial score (nSPS) is 11.8. The molecule has 68 heavy (non-hydrogen) atoms. The van der Waals surface area contributed by atoms with Gasteiger partial charge in [-0.15, -0.1) is 0 Å². The second-order valence-corrected chi connectivity index (χ2v) is 17.5. The summed E-state index contributed by atoms with van der Waals surface area (Å²) in [6.45, 7) is 0. The first-order valence-corrected chi connectivity index (χ1v) is 23.1. The lowest BCUT2D eigenvalue weighted by molar-refractivity contribution is 1.07. The van der Waals surface area contributed by atoms with Gasteiger partial charge in [-0.3, -0.25) is 0 Å². The fourth-order valence-corrected chi connectivity index (χ4v) is 10.7. The Hall–Kier alpha value is -9.19. The topological polar surface area (TPSA) is 48.5 Å². The highest BCUT2D eigenvalue weighted by Gasteiger charge is 2.23. The molecule has 0 saturated heterocycles. The number of rotatable bonds is 6. The van der Waals surface area contributed by atoms with Gasteiger partial charge in [-0.2, -0.15) is 0 Å². The standard InChI is InChI=1S/C63H39N5/c1-3-18-40(19-4-1)44-36-34-43(39-59(44)68-56-31-16-13-28-52(56)60-57(32-17-33-58(60)68)67-54-29-14-11-26-50(54)51-27-12-15-30-55(51)67)63-65-61(41-20-5-2-6-21-41)64-62(66-63)42-35-37-49-47-24-8-7-22-45(47)46-23-9-10-25-48(46)53(49)38-42/h1-39H. The fourth-order valence-electron chi connectivity index (χ4n) is 10.7. The summed E-state index contributed by atoms with van der Waals surface area (Å²) in [7, 11) is 0. The molecule has 14 rings (SSSR count). The Morgan fingerprint density at radius 1 is 0.235 bits per heavy atom. The summed E-state index contributed by atoms with van der Waals surface area (Å²) in [5.41, 5.74) is 11.7. The lowest BCUT2D eigenvalue weighted by atomic mass is 9.93. The molecule has 0 N–H and O–H groups in total. The van der Waals surface area contributed by atoms with E-state index in [9.17, 15) is 0 Å². The van der Waals surface area contributed by atoms with Crippen molar-refractivity contribution in [3.8, 4) is 56.7 Å². The van der Waals surface area contributed by atoms with Gasteiger partial charge in [-0.05, 0) is 80.3 Å². The van der Waals surface area contributed by atoms with Crippen LogP contribution in [0.3, 0.4) is 0 Å². The maximum atomic E-state index is 5.37. The van der Waals surface area contributed by atoms with Crippen LogP contribution in [0.25, 0.3) is 133 Å². The van der Waals surface area contributed by atoms with Crippen LogP contribution >= 0.6 is 0 Å². The van der Waals surface area contributed by atoms with Gasteiger partial charge >= 0.3 is 0 Å². The van der Waals surface area contributed by atoms with E-state index in [1.54, 1.807) is 0 Å². The van der Waals surface area contributed by atoms with E-state index in [2.05, 4.69) is 228 Å². The zero-order valence-corrected chi connectivity index (χ0v) is 36.8. The molecule has 3 heterocycles. The summed E-state index contributed by atoms with van der Waals surface area (Å²) in [6, 6.07) is 84.6. The highest BCUT2D eigenvalue weighted by Crippen LogP contribution is 2.43. The number of benzene rings is 11. The van der Waals surface area contributed by atoms with Crippen LogP contribution in [0.4, 0.5) is 0 Å². The Morgan fingerprint density at radius 2 is 0.647 bits per heavy atom. The summed E-state index contributed by atoms with van der Waals surface area (Å²) in [4.78, 5) is 15.9. The SMILES string of the molecule is c1ccc(-c2nc(-c3ccc(-c4ccccc4)c(-n4c5ccccc5c5c(-n6c7ccccc7c7ccccc76)cccc54)c3)nc(-c3ccc4c5ccccc5c5ccccc5c4c3)n2)cc1. The van der Waals surface area contributed by atoms with Crippen molar-refractivity contribution in [2.75, 3.05) is 0 Å². The molecule has 5 heteroatoms. The highest BCUT2D eigenvalue weighted by molar-refractivity contribution is 6.26. The number of hydrogen-bond acceptors (Lipinski definition) is 3. The van der Waals surface area contributed by atoms with Crippen LogP contribution in [-0.2, 0) is 0 Å². The molecular formula is C63H39N5.